The van der Waals surface area contributed by atoms with Crippen molar-refractivity contribution in [2.24, 2.45) is 5.41 Å². The molecule has 0 radical (unpaired) electrons. The smallest absolute Gasteiger partial charge is 0.116 e. The number of rotatable bonds is 2. The van der Waals surface area contributed by atoms with Gasteiger partial charge in [0, 0.05) is 0 Å². The zero-order chi connectivity index (χ0) is 13.6. The van der Waals surface area contributed by atoms with Gasteiger partial charge in [0.25, 0.3) is 0 Å². The lowest BCUT2D eigenvalue weighted by Gasteiger charge is -2.33. The lowest BCUT2D eigenvalue weighted by molar-refractivity contribution is 0.00342. The number of aliphatic hydroxyl groups excluding tert-OH is 1. The lowest BCUT2D eigenvalue weighted by atomic mass is 9.69. The molecule has 5 heteroatoms. The SMILES string of the molecule is N#CC1(C(O)c2ccc(Cl)c(Cl)c2)CC2CCC1O2. The molecule has 2 fully saturated rings. The molecular weight excluding hydrogens is 285 g/mol. The molecule has 2 aliphatic heterocycles. The van der Waals surface area contributed by atoms with E-state index in [0.29, 0.717) is 22.0 Å². The molecule has 100 valence electrons. The van der Waals surface area contributed by atoms with Gasteiger partial charge in [0.2, 0.25) is 0 Å². The summed E-state index contributed by atoms with van der Waals surface area (Å²) in [6.07, 6.45) is 1.39. The van der Waals surface area contributed by atoms with Crippen LogP contribution in [0.4, 0.5) is 0 Å². The Balaban J connectivity index is 1.96. The third-order valence-corrected chi connectivity index (χ3v) is 4.94. The van der Waals surface area contributed by atoms with E-state index >= 15 is 0 Å². The van der Waals surface area contributed by atoms with Gasteiger partial charge in [0.15, 0.2) is 0 Å². The minimum absolute atomic E-state index is 0.0991. The van der Waals surface area contributed by atoms with Gasteiger partial charge in [-0.2, -0.15) is 5.26 Å². The summed E-state index contributed by atoms with van der Waals surface area (Å²) in [6.45, 7) is 0. The van der Waals surface area contributed by atoms with Crippen molar-refractivity contribution in [3.8, 4) is 6.07 Å². The van der Waals surface area contributed by atoms with Crippen LogP contribution in [-0.2, 0) is 4.74 Å². The van der Waals surface area contributed by atoms with Crippen LogP contribution in [0.25, 0.3) is 0 Å². The third-order valence-electron chi connectivity index (χ3n) is 4.20. The fourth-order valence-electron chi connectivity index (χ4n) is 3.19. The zero-order valence-electron chi connectivity index (χ0n) is 10.1. The van der Waals surface area contributed by atoms with Crippen molar-refractivity contribution in [3.05, 3.63) is 33.8 Å². The van der Waals surface area contributed by atoms with E-state index in [4.69, 9.17) is 27.9 Å². The van der Waals surface area contributed by atoms with Crippen LogP contribution in [0.1, 0.15) is 30.9 Å². The first-order chi connectivity index (χ1) is 9.06. The number of halogens is 2. The number of ether oxygens (including phenoxy) is 1. The highest BCUT2D eigenvalue weighted by Crippen LogP contribution is 2.54. The Hall–Kier alpha value is -0.790. The van der Waals surface area contributed by atoms with Crippen LogP contribution in [0.2, 0.25) is 10.0 Å². The van der Waals surface area contributed by atoms with Crippen LogP contribution in [-0.4, -0.2) is 17.3 Å². The summed E-state index contributed by atoms with van der Waals surface area (Å²) in [5.41, 5.74) is -0.243. The van der Waals surface area contributed by atoms with Crippen molar-refractivity contribution >= 4 is 23.2 Å². The van der Waals surface area contributed by atoms with E-state index in [0.717, 1.165) is 12.8 Å². The second-order valence-corrected chi connectivity index (χ2v) is 6.07. The second kappa shape index (κ2) is 4.64. The Kier molecular flexibility index (Phi) is 3.23. The van der Waals surface area contributed by atoms with E-state index < -0.39 is 11.5 Å². The second-order valence-electron chi connectivity index (χ2n) is 5.26. The topological polar surface area (TPSA) is 53.2 Å². The molecule has 1 aromatic carbocycles. The summed E-state index contributed by atoms with van der Waals surface area (Å²) >= 11 is 11.8. The average molecular weight is 298 g/mol. The molecule has 0 amide bonds. The van der Waals surface area contributed by atoms with Gasteiger partial charge in [0.1, 0.15) is 11.5 Å². The number of fused-ring (bicyclic) bond motifs is 2. The van der Waals surface area contributed by atoms with Crippen LogP contribution in [0.3, 0.4) is 0 Å². The molecule has 0 spiro atoms. The molecule has 3 rings (SSSR count). The van der Waals surface area contributed by atoms with Gasteiger partial charge in [-0.3, -0.25) is 0 Å². The largest absolute Gasteiger partial charge is 0.387 e. The van der Waals surface area contributed by atoms with Crippen LogP contribution >= 0.6 is 23.2 Å². The van der Waals surface area contributed by atoms with E-state index in [1.165, 1.54) is 0 Å². The molecule has 0 aromatic heterocycles. The zero-order valence-corrected chi connectivity index (χ0v) is 11.7. The minimum Gasteiger partial charge on any atom is -0.387 e. The van der Waals surface area contributed by atoms with Crippen LogP contribution in [0.15, 0.2) is 18.2 Å². The molecule has 4 atom stereocenters. The third kappa shape index (κ3) is 1.95. The van der Waals surface area contributed by atoms with Crippen molar-refractivity contribution < 1.29 is 9.84 Å². The van der Waals surface area contributed by atoms with Crippen LogP contribution in [0, 0.1) is 16.7 Å². The predicted molar refractivity (Wildman–Crippen MR) is 72.0 cm³/mol. The number of benzene rings is 1. The van der Waals surface area contributed by atoms with Gasteiger partial charge in [-0.15, -0.1) is 0 Å². The van der Waals surface area contributed by atoms with E-state index in [1.54, 1.807) is 18.2 Å². The first-order valence-electron chi connectivity index (χ1n) is 6.26. The summed E-state index contributed by atoms with van der Waals surface area (Å²) < 4.78 is 5.73. The summed E-state index contributed by atoms with van der Waals surface area (Å²) in [6, 6.07) is 7.27. The minimum atomic E-state index is -0.900. The molecule has 2 bridgehead atoms. The van der Waals surface area contributed by atoms with Crippen molar-refractivity contribution in [1.82, 2.24) is 0 Å². The summed E-state index contributed by atoms with van der Waals surface area (Å²) in [5, 5.41) is 21.0. The van der Waals surface area contributed by atoms with Gasteiger partial charge in [-0.1, -0.05) is 29.3 Å². The van der Waals surface area contributed by atoms with E-state index in [2.05, 4.69) is 6.07 Å². The Bertz CT molecular complexity index is 557. The highest BCUT2D eigenvalue weighted by atomic mass is 35.5. The quantitative estimate of drug-likeness (QED) is 0.909. The fraction of sp³-hybridized carbons (Fsp3) is 0.500. The van der Waals surface area contributed by atoms with Gasteiger partial charge in [-0.05, 0) is 37.0 Å². The standard InChI is InChI=1S/C14H13Cl2NO2/c15-10-3-1-8(5-11(10)16)13(18)14(7-17)6-9-2-4-12(14)19-9/h1,3,5,9,12-13,18H,2,4,6H2. The van der Waals surface area contributed by atoms with Gasteiger partial charge >= 0.3 is 0 Å². The molecule has 0 saturated carbocycles. The Morgan fingerprint density at radius 3 is 2.68 bits per heavy atom. The van der Waals surface area contributed by atoms with Gasteiger partial charge in [0.05, 0.1) is 28.3 Å². The first-order valence-corrected chi connectivity index (χ1v) is 7.02. The predicted octanol–water partition coefficient (Wildman–Crippen LogP) is 3.49. The van der Waals surface area contributed by atoms with Crippen molar-refractivity contribution in [1.29, 1.82) is 5.26 Å². The molecule has 1 aromatic rings. The highest BCUT2D eigenvalue weighted by Gasteiger charge is 2.57. The first kappa shape index (κ1) is 13.2. The van der Waals surface area contributed by atoms with Crippen molar-refractivity contribution in [2.45, 2.75) is 37.6 Å². The molecular formula is C14H13Cl2NO2. The lowest BCUT2D eigenvalue weighted by Crippen LogP contribution is -2.37. The van der Waals surface area contributed by atoms with Gasteiger partial charge in [-0.25, -0.2) is 0 Å². The van der Waals surface area contributed by atoms with E-state index in [1.807, 2.05) is 0 Å². The van der Waals surface area contributed by atoms with E-state index in [-0.39, 0.29) is 12.2 Å². The summed E-state index contributed by atoms with van der Waals surface area (Å²) in [4.78, 5) is 0. The molecule has 2 aliphatic rings. The highest BCUT2D eigenvalue weighted by molar-refractivity contribution is 6.42. The number of hydrogen-bond acceptors (Lipinski definition) is 3. The van der Waals surface area contributed by atoms with E-state index in [9.17, 15) is 10.4 Å². The maximum atomic E-state index is 10.6. The fourth-order valence-corrected chi connectivity index (χ4v) is 3.50. The Morgan fingerprint density at radius 1 is 1.37 bits per heavy atom. The molecule has 0 aliphatic carbocycles. The number of nitrogens with zero attached hydrogens (tertiary/aromatic N) is 1. The summed E-state index contributed by atoms with van der Waals surface area (Å²) in [7, 11) is 0. The van der Waals surface area contributed by atoms with Crippen molar-refractivity contribution in [3.63, 3.8) is 0 Å². The van der Waals surface area contributed by atoms with Crippen LogP contribution < -0.4 is 0 Å². The number of hydrogen-bond donors (Lipinski definition) is 1. The van der Waals surface area contributed by atoms with Gasteiger partial charge < -0.3 is 9.84 Å². The molecule has 4 unspecified atom stereocenters. The summed E-state index contributed by atoms with van der Waals surface area (Å²) in [5.74, 6) is 0. The van der Waals surface area contributed by atoms with Crippen molar-refractivity contribution in [2.75, 3.05) is 0 Å². The molecule has 2 heterocycles. The number of nitriles is 1. The maximum absolute atomic E-state index is 10.6. The molecule has 1 N–H and O–H groups in total. The Labute approximate surface area is 121 Å². The van der Waals surface area contributed by atoms with Crippen LogP contribution in [0.5, 0.6) is 0 Å². The monoisotopic (exact) mass is 297 g/mol. The molecule has 3 nitrogen and oxygen atoms in total. The Morgan fingerprint density at radius 2 is 2.16 bits per heavy atom. The normalized spacial score (nSPS) is 34.2. The molecule has 2 saturated heterocycles. The molecule has 19 heavy (non-hydrogen) atoms. The number of aliphatic hydroxyl groups is 1. The maximum Gasteiger partial charge on any atom is 0.116 e. The average Bonchev–Trinajstić information content (AvgIpc) is 3.02.